The van der Waals surface area contributed by atoms with Crippen LogP contribution in [-0.4, -0.2) is 45.6 Å². The zero-order chi connectivity index (χ0) is 30.1. The Labute approximate surface area is 243 Å². The molecule has 1 N–H and O–H groups in total. The summed E-state index contributed by atoms with van der Waals surface area (Å²) in [6.45, 7) is 0.816. The van der Waals surface area contributed by atoms with Crippen molar-refractivity contribution >= 4 is 17.0 Å². The van der Waals surface area contributed by atoms with Gasteiger partial charge < -0.3 is 28.6 Å². The van der Waals surface area contributed by atoms with Crippen molar-refractivity contribution in [2.45, 2.75) is 25.9 Å². The molecule has 220 valence electrons. The lowest BCUT2D eigenvalue weighted by molar-refractivity contribution is -0.286. The molecule has 0 atom stereocenters. The second-order valence-electron chi connectivity index (χ2n) is 9.76. The number of methoxy groups -OCH3 is 1. The number of hydrogen-bond acceptors (Lipinski definition) is 7. The van der Waals surface area contributed by atoms with Gasteiger partial charge in [0.1, 0.15) is 18.2 Å². The molecule has 0 fully saturated rings. The Morgan fingerprint density at radius 2 is 1.84 bits per heavy atom. The van der Waals surface area contributed by atoms with Gasteiger partial charge in [0.05, 0.1) is 28.9 Å². The largest absolute Gasteiger partial charge is 0.586 e. The highest BCUT2D eigenvalue weighted by atomic mass is 19.3. The Kier molecular flexibility index (Phi) is 7.36. The van der Waals surface area contributed by atoms with Gasteiger partial charge in [-0.2, -0.15) is 0 Å². The third kappa shape index (κ3) is 5.95. The first kappa shape index (κ1) is 28.0. The zero-order valence-corrected chi connectivity index (χ0v) is 22.7. The number of carbonyl (C=O) groups is 1. The van der Waals surface area contributed by atoms with Gasteiger partial charge in [-0.3, -0.25) is 0 Å². The Balaban J connectivity index is 1.19. The van der Waals surface area contributed by atoms with E-state index in [1.54, 1.807) is 55.6 Å². The predicted molar refractivity (Wildman–Crippen MR) is 148 cm³/mol. The summed E-state index contributed by atoms with van der Waals surface area (Å²) in [4.78, 5) is 20.6. The van der Waals surface area contributed by atoms with Gasteiger partial charge in [-0.25, -0.2) is 19.2 Å². The Hall–Kier alpha value is -5.10. The number of carboxylic acid groups (broad SMARTS) is 1. The summed E-state index contributed by atoms with van der Waals surface area (Å²) in [6, 6.07) is 18.9. The molecular weight excluding hydrogens is 567 g/mol. The zero-order valence-electron chi connectivity index (χ0n) is 22.7. The average molecular weight is 592 g/mol. The van der Waals surface area contributed by atoms with E-state index < -0.39 is 18.1 Å². The van der Waals surface area contributed by atoms with E-state index in [1.807, 2.05) is 4.57 Å². The average Bonchev–Trinajstić information content (AvgIpc) is 3.49. The van der Waals surface area contributed by atoms with Crippen LogP contribution in [-0.2, 0) is 24.3 Å². The Bertz CT molecular complexity index is 1840. The fourth-order valence-electron chi connectivity index (χ4n) is 4.79. The first-order valence-corrected chi connectivity index (χ1v) is 13.2. The number of imidazole rings is 1. The number of benzene rings is 3. The summed E-state index contributed by atoms with van der Waals surface area (Å²) < 4.78 is 63.7. The summed E-state index contributed by atoms with van der Waals surface area (Å²) in [6.07, 6.45) is -3.53. The molecule has 0 aliphatic carbocycles. The molecule has 12 heteroatoms. The molecule has 9 nitrogen and oxygen atoms in total. The molecule has 5 aromatic rings. The van der Waals surface area contributed by atoms with Crippen LogP contribution >= 0.6 is 0 Å². The highest BCUT2D eigenvalue weighted by Crippen LogP contribution is 2.41. The van der Waals surface area contributed by atoms with Crippen LogP contribution in [0.1, 0.15) is 27.3 Å². The molecule has 1 aliphatic rings. The highest BCUT2D eigenvalue weighted by molar-refractivity contribution is 5.92. The lowest BCUT2D eigenvalue weighted by Gasteiger charge is -2.11. The summed E-state index contributed by atoms with van der Waals surface area (Å²) >= 11 is 0. The molecule has 6 rings (SSSR count). The quantitative estimate of drug-likeness (QED) is 0.209. The topological polar surface area (TPSA) is 105 Å². The second kappa shape index (κ2) is 11.3. The molecule has 3 aromatic carbocycles. The van der Waals surface area contributed by atoms with Gasteiger partial charge in [-0.05, 0) is 53.6 Å². The normalized spacial score (nSPS) is 13.4. The van der Waals surface area contributed by atoms with Crippen molar-refractivity contribution in [3.63, 3.8) is 0 Å². The lowest BCUT2D eigenvalue weighted by Crippen LogP contribution is -2.25. The second-order valence-corrected chi connectivity index (χ2v) is 9.76. The third-order valence-corrected chi connectivity index (χ3v) is 6.87. The fourth-order valence-corrected chi connectivity index (χ4v) is 4.79. The molecule has 0 spiro atoms. The van der Waals surface area contributed by atoms with Gasteiger partial charge in [-0.15, -0.1) is 8.78 Å². The summed E-state index contributed by atoms with van der Waals surface area (Å²) in [7, 11) is 1.56. The van der Waals surface area contributed by atoms with Crippen LogP contribution in [0.15, 0.2) is 72.8 Å². The molecule has 2 aromatic heterocycles. The first-order valence-electron chi connectivity index (χ1n) is 13.2. The van der Waals surface area contributed by atoms with Gasteiger partial charge in [-0.1, -0.05) is 24.3 Å². The minimum absolute atomic E-state index is 0.0317. The number of carboxylic acids is 1. The molecule has 0 saturated carbocycles. The van der Waals surface area contributed by atoms with Crippen LogP contribution in [0.5, 0.6) is 17.4 Å². The minimum atomic E-state index is -3.70. The molecule has 3 heterocycles. The van der Waals surface area contributed by atoms with Gasteiger partial charge in [0, 0.05) is 31.7 Å². The molecule has 0 bridgehead atoms. The van der Waals surface area contributed by atoms with Crippen molar-refractivity contribution in [1.29, 1.82) is 0 Å². The van der Waals surface area contributed by atoms with Crippen LogP contribution in [0, 0.1) is 5.82 Å². The standard InChI is InChI=1S/C31H24F3N3O6/c1-40-12-11-37-25-15-21(30(38)39)8-9-24(25)35-28(37)16-19-6-7-20(14-22(19)32)23-3-2-4-29(36-23)41-17-18-5-10-26-27(13-18)43-31(33,34)42-26/h2-10,13-15H,11-12,16-17H2,1H3,(H,38,39). The van der Waals surface area contributed by atoms with E-state index in [0.717, 1.165) is 0 Å². The maximum Gasteiger partial charge on any atom is 0.586 e. The van der Waals surface area contributed by atoms with Gasteiger partial charge in [0.2, 0.25) is 5.88 Å². The summed E-state index contributed by atoms with van der Waals surface area (Å²) in [5, 5.41) is 9.41. The third-order valence-electron chi connectivity index (χ3n) is 6.87. The van der Waals surface area contributed by atoms with E-state index in [0.29, 0.717) is 52.4 Å². The molecule has 43 heavy (non-hydrogen) atoms. The van der Waals surface area contributed by atoms with E-state index in [4.69, 9.17) is 9.47 Å². The smallest absolute Gasteiger partial charge is 0.478 e. The number of ether oxygens (including phenoxy) is 4. The van der Waals surface area contributed by atoms with E-state index in [1.165, 1.54) is 24.3 Å². The molecule has 0 radical (unpaired) electrons. The monoisotopic (exact) mass is 591 g/mol. The van der Waals surface area contributed by atoms with Gasteiger partial charge >= 0.3 is 12.3 Å². The van der Waals surface area contributed by atoms with Gasteiger partial charge in [0.15, 0.2) is 11.5 Å². The van der Waals surface area contributed by atoms with E-state index in [-0.39, 0.29) is 36.0 Å². The van der Waals surface area contributed by atoms with Crippen LogP contribution < -0.4 is 14.2 Å². The lowest BCUT2D eigenvalue weighted by atomic mass is 10.1. The van der Waals surface area contributed by atoms with Gasteiger partial charge in [0.25, 0.3) is 0 Å². The van der Waals surface area contributed by atoms with Crippen molar-refractivity contribution in [2.75, 3.05) is 13.7 Å². The maximum atomic E-state index is 15.4. The molecule has 1 aliphatic heterocycles. The number of aromatic carboxylic acids is 1. The Morgan fingerprint density at radius 1 is 1.00 bits per heavy atom. The number of halogens is 3. The van der Waals surface area contributed by atoms with Crippen molar-refractivity contribution in [1.82, 2.24) is 14.5 Å². The first-order chi connectivity index (χ1) is 20.7. The minimum Gasteiger partial charge on any atom is -0.478 e. The number of alkyl halides is 2. The Morgan fingerprint density at radius 3 is 2.63 bits per heavy atom. The molecule has 0 unspecified atom stereocenters. The van der Waals surface area contributed by atoms with Crippen LogP contribution in [0.4, 0.5) is 13.2 Å². The van der Waals surface area contributed by atoms with Crippen LogP contribution in [0.3, 0.4) is 0 Å². The summed E-state index contributed by atoms with van der Waals surface area (Å²) in [5.74, 6) is -0.812. The highest BCUT2D eigenvalue weighted by Gasteiger charge is 2.43. The maximum absolute atomic E-state index is 15.4. The molecular formula is C31H24F3N3O6. The summed E-state index contributed by atoms with van der Waals surface area (Å²) in [5.41, 5.74) is 3.33. The fraction of sp³-hybridized carbons (Fsp3) is 0.194. The van der Waals surface area contributed by atoms with E-state index in [9.17, 15) is 18.7 Å². The number of hydrogen-bond donors (Lipinski definition) is 1. The van der Waals surface area contributed by atoms with Crippen molar-refractivity contribution in [3.8, 4) is 28.6 Å². The predicted octanol–water partition coefficient (Wildman–Crippen LogP) is 6.07. The number of fused-ring (bicyclic) bond motifs is 2. The van der Waals surface area contributed by atoms with Crippen LogP contribution in [0.2, 0.25) is 0 Å². The van der Waals surface area contributed by atoms with E-state index >= 15 is 4.39 Å². The van der Waals surface area contributed by atoms with E-state index in [2.05, 4.69) is 19.4 Å². The molecule has 0 amide bonds. The number of aromatic nitrogens is 3. The number of nitrogens with zero attached hydrogens (tertiary/aromatic N) is 3. The number of pyridine rings is 1. The van der Waals surface area contributed by atoms with Crippen molar-refractivity contribution < 1.29 is 42.0 Å². The van der Waals surface area contributed by atoms with Crippen LogP contribution in [0.25, 0.3) is 22.3 Å². The van der Waals surface area contributed by atoms with Crippen molar-refractivity contribution in [2.24, 2.45) is 0 Å². The number of rotatable bonds is 10. The molecule has 0 saturated heterocycles. The SMILES string of the molecule is COCCn1c(Cc2ccc(-c3cccc(OCc4ccc5c(c4)OC(F)(F)O5)n3)cc2F)nc2ccc(C(=O)O)cc21. The van der Waals surface area contributed by atoms with Crippen molar-refractivity contribution in [3.05, 3.63) is 101 Å².